The first kappa shape index (κ1) is 17.2. The summed E-state index contributed by atoms with van der Waals surface area (Å²) in [5, 5.41) is 14.0. The van der Waals surface area contributed by atoms with Crippen molar-refractivity contribution in [1.82, 2.24) is 4.98 Å². The maximum atomic E-state index is 9.64. The first-order chi connectivity index (χ1) is 13.2. The number of hydrogen-bond donors (Lipinski definition) is 1. The number of benzene rings is 2. The van der Waals surface area contributed by atoms with Gasteiger partial charge in [0.05, 0.1) is 31.0 Å². The van der Waals surface area contributed by atoms with Crippen molar-refractivity contribution in [2.45, 2.75) is 25.7 Å². The molecule has 0 bridgehead atoms. The smallest absolute Gasteiger partial charge is 0.162 e. The van der Waals surface area contributed by atoms with Crippen LogP contribution in [0.25, 0.3) is 10.9 Å². The first-order valence-corrected chi connectivity index (χ1v) is 9.07. The Kier molecular flexibility index (Phi) is 4.55. The second kappa shape index (κ2) is 7.16. The van der Waals surface area contributed by atoms with Crippen molar-refractivity contribution in [3.63, 3.8) is 0 Å². The highest BCUT2D eigenvalue weighted by Crippen LogP contribution is 2.38. The SMILES string of the molecule is COc1cc2ncc(C#N)c(Nc3cccc4c3CCCC4)c2cc1OC. The lowest BCUT2D eigenvalue weighted by molar-refractivity contribution is 0.356. The van der Waals surface area contributed by atoms with Gasteiger partial charge in [-0.2, -0.15) is 5.26 Å². The van der Waals surface area contributed by atoms with Gasteiger partial charge in [0, 0.05) is 23.3 Å². The molecule has 0 atom stereocenters. The summed E-state index contributed by atoms with van der Waals surface area (Å²) in [4.78, 5) is 4.43. The molecule has 0 radical (unpaired) electrons. The number of methoxy groups -OCH3 is 2. The predicted molar refractivity (Wildman–Crippen MR) is 106 cm³/mol. The molecular formula is C22H21N3O2. The van der Waals surface area contributed by atoms with E-state index >= 15 is 0 Å². The van der Waals surface area contributed by atoms with Gasteiger partial charge in [-0.1, -0.05) is 12.1 Å². The van der Waals surface area contributed by atoms with Crippen LogP contribution in [0, 0.1) is 11.3 Å². The highest BCUT2D eigenvalue weighted by Gasteiger charge is 2.17. The quantitative estimate of drug-likeness (QED) is 0.728. The van der Waals surface area contributed by atoms with Crippen molar-refractivity contribution in [2.75, 3.05) is 19.5 Å². The molecule has 0 aliphatic heterocycles. The third kappa shape index (κ3) is 3.04. The van der Waals surface area contributed by atoms with Crippen LogP contribution in [0.5, 0.6) is 11.5 Å². The lowest BCUT2D eigenvalue weighted by Crippen LogP contribution is -2.07. The summed E-state index contributed by atoms with van der Waals surface area (Å²) in [5.41, 5.74) is 5.80. The highest BCUT2D eigenvalue weighted by atomic mass is 16.5. The van der Waals surface area contributed by atoms with E-state index in [1.807, 2.05) is 12.1 Å². The Balaban J connectivity index is 1.89. The zero-order chi connectivity index (χ0) is 18.8. The van der Waals surface area contributed by atoms with Crippen LogP contribution < -0.4 is 14.8 Å². The molecular weight excluding hydrogens is 338 g/mol. The van der Waals surface area contributed by atoms with Crippen LogP contribution >= 0.6 is 0 Å². The van der Waals surface area contributed by atoms with E-state index in [9.17, 15) is 5.26 Å². The molecule has 27 heavy (non-hydrogen) atoms. The first-order valence-electron chi connectivity index (χ1n) is 9.07. The maximum Gasteiger partial charge on any atom is 0.162 e. The summed E-state index contributed by atoms with van der Waals surface area (Å²) in [5.74, 6) is 1.23. The van der Waals surface area contributed by atoms with Crippen molar-refractivity contribution >= 4 is 22.3 Å². The van der Waals surface area contributed by atoms with Crippen LogP contribution in [-0.4, -0.2) is 19.2 Å². The van der Waals surface area contributed by atoms with E-state index in [0.717, 1.165) is 35.1 Å². The van der Waals surface area contributed by atoms with Crippen LogP contribution in [0.4, 0.5) is 11.4 Å². The van der Waals surface area contributed by atoms with Crippen LogP contribution in [0.3, 0.4) is 0 Å². The molecule has 1 aromatic heterocycles. The number of aryl methyl sites for hydroxylation is 1. The molecule has 136 valence electrons. The van der Waals surface area contributed by atoms with Gasteiger partial charge in [-0.05, 0) is 48.9 Å². The summed E-state index contributed by atoms with van der Waals surface area (Å²) in [6.07, 6.45) is 6.19. The molecule has 4 rings (SSSR count). The van der Waals surface area contributed by atoms with Gasteiger partial charge in [0.2, 0.25) is 0 Å². The molecule has 2 aromatic carbocycles. The molecule has 1 N–H and O–H groups in total. The molecule has 0 unspecified atom stereocenters. The Bertz CT molecular complexity index is 1050. The van der Waals surface area contributed by atoms with E-state index in [4.69, 9.17) is 9.47 Å². The highest BCUT2D eigenvalue weighted by molar-refractivity contribution is 5.97. The summed E-state index contributed by atoms with van der Waals surface area (Å²) in [7, 11) is 3.20. The Labute approximate surface area is 158 Å². The number of nitrogens with one attached hydrogen (secondary N) is 1. The lowest BCUT2D eigenvalue weighted by atomic mass is 9.90. The molecule has 5 heteroatoms. The number of nitrogens with zero attached hydrogens (tertiary/aromatic N) is 2. The second-order valence-electron chi connectivity index (χ2n) is 6.66. The minimum Gasteiger partial charge on any atom is -0.493 e. The van der Waals surface area contributed by atoms with E-state index in [0.29, 0.717) is 17.1 Å². The van der Waals surface area contributed by atoms with E-state index in [2.05, 4.69) is 34.6 Å². The van der Waals surface area contributed by atoms with E-state index in [-0.39, 0.29) is 0 Å². The summed E-state index contributed by atoms with van der Waals surface area (Å²) in [6, 6.07) is 12.3. The molecule has 5 nitrogen and oxygen atoms in total. The summed E-state index contributed by atoms with van der Waals surface area (Å²) < 4.78 is 10.8. The van der Waals surface area contributed by atoms with Crippen LogP contribution in [-0.2, 0) is 12.8 Å². The zero-order valence-corrected chi connectivity index (χ0v) is 15.5. The van der Waals surface area contributed by atoms with Crippen molar-refractivity contribution in [3.05, 3.63) is 53.2 Å². The monoisotopic (exact) mass is 359 g/mol. The molecule has 0 saturated heterocycles. The van der Waals surface area contributed by atoms with Gasteiger partial charge >= 0.3 is 0 Å². The van der Waals surface area contributed by atoms with Crippen molar-refractivity contribution in [2.24, 2.45) is 0 Å². The summed E-state index contributed by atoms with van der Waals surface area (Å²) >= 11 is 0. The summed E-state index contributed by atoms with van der Waals surface area (Å²) in [6.45, 7) is 0. The Morgan fingerprint density at radius 1 is 1.07 bits per heavy atom. The van der Waals surface area contributed by atoms with Gasteiger partial charge in [-0.3, -0.25) is 4.98 Å². The normalized spacial score (nSPS) is 12.9. The Hall–Kier alpha value is -3.26. The number of fused-ring (bicyclic) bond motifs is 2. The third-order valence-electron chi connectivity index (χ3n) is 5.15. The van der Waals surface area contributed by atoms with Crippen molar-refractivity contribution in [3.8, 4) is 17.6 Å². The van der Waals surface area contributed by atoms with Crippen LogP contribution in [0.1, 0.15) is 29.5 Å². The number of pyridine rings is 1. The average Bonchev–Trinajstić information content (AvgIpc) is 2.73. The van der Waals surface area contributed by atoms with Gasteiger partial charge < -0.3 is 14.8 Å². The third-order valence-corrected chi connectivity index (χ3v) is 5.15. The zero-order valence-electron chi connectivity index (χ0n) is 15.5. The fourth-order valence-electron chi connectivity index (χ4n) is 3.77. The molecule has 3 aromatic rings. The molecule has 0 spiro atoms. The van der Waals surface area contributed by atoms with Gasteiger partial charge in [-0.25, -0.2) is 0 Å². The number of anilines is 2. The molecule has 1 aliphatic carbocycles. The Morgan fingerprint density at radius 2 is 1.85 bits per heavy atom. The topological polar surface area (TPSA) is 67.2 Å². The fraction of sp³-hybridized carbons (Fsp3) is 0.273. The van der Waals surface area contributed by atoms with E-state index in [1.54, 1.807) is 20.4 Å². The standard InChI is InChI=1S/C22H21N3O2/c1-26-20-10-17-19(11-21(20)27-2)24-13-15(12-23)22(17)25-18-9-5-7-14-6-3-4-8-16(14)18/h5,7,9-11,13H,3-4,6,8H2,1-2H3,(H,24,25). The second-order valence-corrected chi connectivity index (χ2v) is 6.66. The molecule has 1 heterocycles. The number of rotatable bonds is 4. The van der Waals surface area contributed by atoms with Gasteiger partial charge in [0.25, 0.3) is 0 Å². The maximum absolute atomic E-state index is 9.64. The van der Waals surface area contributed by atoms with E-state index in [1.165, 1.54) is 24.0 Å². The number of nitriles is 1. The minimum atomic E-state index is 0.503. The van der Waals surface area contributed by atoms with Crippen LogP contribution in [0.2, 0.25) is 0 Å². The van der Waals surface area contributed by atoms with Crippen LogP contribution in [0.15, 0.2) is 36.5 Å². The molecule has 1 aliphatic rings. The van der Waals surface area contributed by atoms with E-state index < -0.39 is 0 Å². The average molecular weight is 359 g/mol. The lowest BCUT2D eigenvalue weighted by Gasteiger charge is -2.21. The predicted octanol–water partition coefficient (Wildman–Crippen LogP) is 4.75. The van der Waals surface area contributed by atoms with Gasteiger partial charge in [-0.15, -0.1) is 0 Å². The molecule has 0 fully saturated rings. The number of ether oxygens (including phenoxy) is 2. The fourth-order valence-corrected chi connectivity index (χ4v) is 3.77. The minimum absolute atomic E-state index is 0.503. The number of aromatic nitrogens is 1. The molecule has 0 saturated carbocycles. The Morgan fingerprint density at radius 3 is 2.63 bits per heavy atom. The molecule has 0 amide bonds. The number of hydrogen-bond acceptors (Lipinski definition) is 5. The van der Waals surface area contributed by atoms with Gasteiger partial charge in [0.15, 0.2) is 11.5 Å². The van der Waals surface area contributed by atoms with Crippen molar-refractivity contribution in [1.29, 1.82) is 5.26 Å². The van der Waals surface area contributed by atoms with Gasteiger partial charge in [0.1, 0.15) is 6.07 Å². The largest absolute Gasteiger partial charge is 0.493 e. The van der Waals surface area contributed by atoms with Crippen molar-refractivity contribution < 1.29 is 9.47 Å².